The van der Waals surface area contributed by atoms with E-state index in [-0.39, 0.29) is 0 Å². The van der Waals surface area contributed by atoms with E-state index in [4.69, 9.17) is 0 Å². The van der Waals surface area contributed by atoms with Gasteiger partial charge in [-0.25, -0.2) is 0 Å². The molecule has 2 aliphatic rings. The minimum Gasteiger partial charge on any atom is -0.303 e. The average Bonchev–Trinajstić information content (AvgIpc) is 2.83. The van der Waals surface area contributed by atoms with Crippen molar-refractivity contribution in [2.45, 2.75) is 64.3 Å². The molecule has 0 aromatic carbocycles. The van der Waals surface area contributed by atoms with E-state index < -0.39 is 0 Å². The van der Waals surface area contributed by atoms with Crippen molar-refractivity contribution in [3.8, 4) is 0 Å². The van der Waals surface area contributed by atoms with Gasteiger partial charge in [-0.3, -0.25) is 0 Å². The summed E-state index contributed by atoms with van der Waals surface area (Å²) >= 11 is 0. The van der Waals surface area contributed by atoms with Crippen LogP contribution in [0.3, 0.4) is 0 Å². The molecule has 2 fully saturated rings. The predicted molar refractivity (Wildman–Crippen MR) is 75.1 cm³/mol. The molecule has 0 heterocycles. The Bertz CT molecular complexity index is 232. The Hall–Kier alpha value is -0.300. The van der Waals surface area contributed by atoms with E-state index in [0.29, 0.717) is 0 Å². The van der Waals surface area contributed by atoms with Gasteiger partial charge in [-0.15, -0.1) is 0 Å². The largest absolute Gasteiger partial charge is 0.303 e. The minimum absolute atomic E-state index is 0.871. The van der Waals surface area contributed by atoms with Gasteiger partial charge in [0.2, 0.25) is 0 Å². The second kappa shape index (κ2) is 6.58. The standard InChI is InChI=1S/C16H29N/c1-3-6-14-9-11-16(12-10-14)17(2)13-15-7-4-5-8-15/h3,6,14-16H,4-5,7-13H2,1-2H3/b6-3+. The van der Waals surface area contributed by atoms with E-state index in [1.54, 1.807) is 0 Å². The number of hydrogen-bond donors (Lipinski definition) is 0. The molecule has 2 rings (SSSR count). The lowest BCUT2D eigenvalue weighted by Gasteiger charge is -2.35. The maximum Gasteiger partial charge on any atom is 0.00927 e. The van der Waals surface area contributed by atoms with Crippen LogP contribution in [0.4, 0.5) is 0 Å². The maximum atomic E-state index is 2.67. The summed E-state index contributed by atoms with van der Waals surface area (Å²) in [5, 5.41) is 0. The third kappa shape index (κ3) is 3.84. The SMILES string of the molecule is C/C=C/C1CCC(N(C)CC2CCCC2)CC1. The number of allylic oxidation sites excluding steroid dienone is 2. The van der Waals surface area contributed by atoms with E-state index >= 15 is 0 Å². The Morgan fingerprint density at radius 3 is 2.24 bits per heavy atom. The van der Waals surface area contributed by atoms with Crippen LogP contribution in [-0.2, 0) is 0 Å². The lowest BCUT2D eigenvalue weighted by Crippen LogP contribution is -2.37. The molecule has 17 heavy (non-hydrogen) atoms. The van der Waals surface area contributed by atoms with Crippen LogP contribution in [0.5, 0.6) is 0 Å². The number of nitrogens with zero attached hydrogens (tertiary/aromatic N) is 1. The molecule has 0 aromatic heterocycles. The fourth-order valence-electron chi connectivity index (χ4n) is 3.76. The van der Waals surface area contributed by atoms with Gasteiger partial charge < -0.3 is 4.90 Å². The van der Waals surface area contributed by atoms with Crippen molar-refractivity contribution in [2.24, 2.45) is 11.8 Å². The molecule has 0 radical (unpaired) electrons. The van der Waals surface area contributed by atoms with Crippen molar-refractivity contribution in [1.29, 1.82) is 0 Å². The van der Waals surface area contributed by atoms with Crippen LogP contribution in [0.15, 0.2) is 12.2 Å². The molecule has 0 amide bonds. The van der Waals surface area contributed by atoms with Gasteiger partial charge in [0.05, 0.1) is 0 Å². The fourth-order valence-corrected chi connectivity index (χ4v) is 3.76. The number of rotatable bonds is 4. The van der Waals surface area contributed by atoms with E-state index in [2.05, 4.69) is 31.0 Å². The molecule has 0 aromatic rings. The maximum absolute atomic E-state index is 2.67. The van der Waals surface area contributed by atoms with Gasteiger partial charge in [0.1, 0.15) is 0 Å². The molecule has 2 aliphatic carbocycles. The van der Waals surface area contributed by atoms with Gasteiger partial charge in [-0.05, 0) is 64.3 Å². The van der Waals surface area contributed by atoms with Gasteiger partial charge in [-0.2, -0.15) is 0 Å². The first-order chi connectivity index (χ1) is 8.29. The highest BCUT2D eigenvalue weighted by molar-refractivity contribution is 4.90. The topological polar surface area (TPSA) is 3.24 Å². The lowest BCUT2D eigenvalue weighted by atomic mass is 9.85. The molecule has 0 bridgehead atoms. The summed E-state index contributed by atoms with van der Waals surface area (Å²) in [5.41, 5.74) is 0. The zero-order chi connectivity index (χ0) is 12.1. The Kier molecular flexibility index (Phi) is 5.09. The summed E-state index contributed by atoms with van der Waals surface area (Å²) in [4.78, 5) is 2.67. The quantitative estimate of drug-likeness (QED) is 0.659. The highest BCUT2D eigenvalue weighted by Crippen LogP contribution is 2.30. The summed E-state index contributed by atoms with van der Waals surface area (Å²) in [6.07, 6.45) is 16.2. The van der Waals surface area contributed by atoms with Crippen LogP contribution >= 0.6 is 0 Å². The molecule has 0 N–H and O–H groups in total. The van der Waals surface area contributed by atoms with Gasteiger partial charge in [0, 0.05) is 12.6 Å². The molecular weight excluding hydrogens is 206 g/mol. The normalized spacial score (nSPS) is 31.7. The van der Waals surface area contributed by atoms with Crippen LogP contribution in [0.1, 0.15) is 58.3 Å². The molecule has 0 spiro atoms. The van der Waals surface area contributed by atoms with Crippen LogP contribution in [0, 0.1) is 11.8 Å². The predicted octanol–water partition coefficient (Wildman–Crippen LogP) is 4.24. The first-order valence-electron chi connectivity index (χ1n) is 7.62. The van der Waals surface area contributed by atoms with Crippen molar-refractivity contribution < 1.29 is 0 Å². The summed E-state index contributed by atoms with van der Waals surface area (Å²) in [6.45, 7) is 3.51. The molecule has 0 saturated heterocycles. The van der Waals surface area contributed by atoms with E-state index in [1.165, 1.54) is 57.9 Å². The van der Waals surface area contributed by atoms with Gasteiger partial charge in [0.25, 0.3) is 0 Å². The Morgan fingerprint density at radius 2 is 1.65 bits per heavy atom. The smallest absolute Gasteiger partial charge is 0.00927 e. The molecule has 0 unspecified atom stereocenters. The van der Waals surface area contributed by atoms with Crippen LogP contribution in [-0.4, -0.2) is 24.5 Å². The Labute approximate surface area is 107 Å². The first-order valence-corrected chi connectivity index (χ1v) is 7.62. The van der Waals surface area contributed by atoms with Crippen molar-refractivity contribution in [3.05, 3.63) is 12.2 Å². The minimum atomic E-state index is 0.871. The van der Waals surface area contributed by atoms with E-state index in [0.717, 1.165) is 17.9 Å². The molecule has 2 saturated carbocycles. The average molecular weight is 235 g/mol. The second-order valence-electron chi connectivity index (χ2n) is 6.18. The molecular formula is C16H29N. The first kappa shape index (κ1) is 13.1. The van der Waals surface area contributed by atoms with Crippen molar-refractivity contribution in [1.82, 2.24) is 4.90 Å². The fraction of sp³-hybridized carbons (Fsp3) is 0.875. The lowest BCUT2D eigenvalue weighted by molar-refractivity contribution is 0.155. The molecule has 98 valence electrons. The van der Waals surface area contributed by atoms with Crippen molar-refractivity contribution in [2.75, 3.05) is 13.6 Å². The number of hydrogen-bond acceptors (Lipinski definition) is 1. The molecule has 1 nitrogen and oxygen atoms in total. The zero-order valence-corrected chi connectivity index (χ0v) is 11.7. The van der Waals surface area contributed by atoms with E-state index in [1.807, 2.05) is 0 Å². The summed E-state index contributed by atoms with van der Waals surface area (Å²) in [7, 11) is 2.36. The highest BCUT2D eigenvalue weighted by Gasteiger charge is 2.25. The Morgan fingerprint density at radius 1 is 1.00 bits per heavy atom. The van der Waals surface area contributed by atoms with Crippen LogP contribution < -0.4 is 0 Å². The third-order valence-electron chi connectivity index (χ3n) is 4.85. The van der Waals surface area contributed by atoms with Crippen LogP contribution in [0.2, 0.25) is 0 Å². The third-order valence-corrected chi connectivity index (χ3v) is 4.85. The molecule has 0 aliphatic heterocycles. The van der Waals surface area contributed by atoms with Gasteiger partial charge in [-0.1, -0.05) is 25.0 Å². The summed E-state index contributed by atoms with van der Waals surface area (Å²) in [6, 6.07) is 0.872. The monoisotopic (exact) mass is 235 g/mol. The molecule has 1 heteroatoms. The van der Waals surface area contributed by atoms with E-state index in [9.17, 15) is 0 Å². The second-order valence-corrected chi connectivity index (χ2v) is 6.18. The zero-order valence-electron chi connectivity index (χ0n) is 11.7. The summed E-state index contributed by atoms with van der Waals surface area (Å²) < 4.78 is 0. The highest BCUT2D eigenvalue weighted by atomic mass is 15.1. The summed E-state index contributed by atoms with van der Waals surface area (Å²) in [5.74, 6) is 1.88. The van der Waals surface area contributed by atoms with Gasteiger partial charge in [0.15, 0.2) is 0 Å². The van der Waals surface area contributed by atoms with Crippen LogP contribution in [0.25, 0.3) is 0 Å². The van der Waals surface area contributed by atoms with Crippen molar-refractivity contribution >= 4 is 0 Å². The van der Waals surface area contributed by atoms with Crippen molar-refractivity contribution in [3.63, 3.8) is 0 Å². The van der Waals surface area contributed by atoms with Gasteiger partial charge >= 0.3 is 0 Å². The Balaban J connectivity index is 1.71. The molecule has 0 atom stereocenters.